The Morgan fingerprint density at radius 2 is 2.26 bits per heavy atom. The molecule has 1 N–H and O–H groups in total. The van der Waals surface area contributed by atoms with E-state index in [0.29, 0.717) is 0 Å². The van der Waals surface area contributed by atoms with E-state index in [1.54, 1.807) is 0 Å². The molecule has 0 bridgehead atoms. The van der Waals surface area contributed by atoms with Crippen LogP contribution in [0.5, 0.6) is 0 Å². The molecule has 2 heterocycles. The van der Waals surface area contributed by atoms with Gasteiger partial charge >= 0.3 is 0 Å². The topological polar surface area (TPSA) is 66.8 Å². The number of allylic oxidation sites excluding steroid dienone is 1. The van der Waals surface area contributed by atoms with Crippen LogP contribution in [0.4, 0.5) is 8.78 Å². The Bertz CT molecular complexity index is 422. The first-order valence-electron chi connectivity index (χ1n) is 5.96. The van der Waals surface area contributed by atoms with Gasteiger partial charge < -0.3 is 9.84 Å². The number of hydrogen-bond donors (Lipinski definition) is 1. The Morgan fingerprint density at radius 3 is 2.74 bits per heavy atom. The summed E-state index contributed by atoms with van der Waals surface area (Å²) in [6.45, 7) is -0.303. The van der Waals surface area contributed by atoms with Crippen LogP contribution in [0.1, 0.15) is 13.3 Å². The number of alkyl halides is 2. The van der Waals surface area contributed by atoms with Crippen molar-refractivity contribution in [2.75, 3.05) is 13.3 Å². The second-order valence-corrected chi connectivity index (χ2v) is 4.86. The molecule has 1 amide bonds. The second-order valence-electron chi connectivity index (χ2n) is 4.86. The van der Waals surface area contributed by atoms with Crippen molar-refractivity contribution in [1.82, 2.24) is 4.90 Å². The molecular formula is C12H15F2NO4. The number of halogens is 2. The minimum Gasteiger partial charge on any atom is -0.393 e. The van der Waals surface area contributed by atoms with Crippen LogP contribution in [0, 0.1) is 5.92 Å². The van der Waals surface area contributed by atoms with Gasteiger partial charge in [0.25, 0.3) is 0 Å². The van der Waals surface area contributed by atoms with E-state index in [1.807, 2.05) is 0 Å². The van der Waals surface area contributed by atoms with Gasteiger partial charge in [-0.1, -0.05) is 6.92 Å². The van der Waals surface area contributed by atoms with E-state index < -0.39 is 43.1 Å². The lowest BCUT2D eigenvalue weighted by atomic mass is 9.89. The predicted octanol–water partition coefficient (Wildman–Crippen LogP) is 0.333. The highest BCUT2D eigenvalue weighted by atomic mass is 19.1. The highest BCUT2D eigenvalue weighted by molar-refractivity contribution is 6.06. The van der Waals surface area contributed by atoms with Crippen LogP contribution >= 0.6 is 0 Å². The summed E-state index contributed by atoms with van der Waals surface area (Å²) in [4.78, 5) is 23.7. The van der Waals surface area contributed by atoms with E-state index in [4.69, 9.17) is 4.74 Å². The zero-order chi connectivity index (χ0) is 14.2. The summed E-state index contributed by atoms with van der Waals surface area (Å²) in [7, 11) is 0. The number of nitrogens with zero attached hydrogens (tertiary/aromatic N) is 1. The molecule has 0 spiro atoms. The molecule has 1 saturated heterocycles. The lowest BCUT2D eigenvalue weighted by molar-refractivity contribution is -0.159. The van der Waals surface area contributed by atoms with Crippen LogP contribution in [0.3, 0.4) is 0 Å². The molecule has 7 heteroatoms. The molecule has 2 rings (SSSR count). The maximum atomic E-state index is 14.2. The molecule has 0 aromatic heterocycles. The number of amides is 1. The summed E-state index contributed by atoms with van der Waals surface area (Å²) in [6, 6.07) is 0. The van der Waals surface area contributed by atoms with Crippen molar-refractivity contribution in [2.45, 2.75) is 31.3 Å². The molecule has 1 fully saturated rings. The van der Waals surface area contributed by atoms with E-state index >= 15 is 0 Å². The van der Waals surface area contributed by atoms with E-state index in [0.717, 1.165) is 17.2 Å². The van der Waals surface area contributed by atoms with Gasteiger partial charge in [0.15, 0.2) is 18.2 Å². The van der Waals surface area contributed by atoms with Crippen LogP contribution < -0.4 is 0 Å². The number of carbonyl (C=O) groups is 2. The van der Waals surface area contributed by atoms with E-state index in [1.165, 1.54) is 6.92 Å². The molecule has 2 aliphatic heterocycles. The zero-order valence-electron chi connectivity index (χ0n) is 10.4. The minimum atomic E-state index is -1.64. The van der Waals surface area contributed by atoms with Crippen molar-refractivity contribution >= 4 is 11.7 Å². The average Bonchev–Trinajstić information content (AvgIpc) is 2.64. The van der Waals surface area contributed by atoms with Gasteiger partial charge in [-0.15, -0.1) is 0 Å². The fourth-order valence-electron chi connectivity index (χ4n) is 2.31. The third kappa shape index (κ3) is 2.17. The Balaban J connectivity index is 2.25. The number of hydrogen-bond acceptors (Lipinski definition) is 4. The third-order valence-corrected chi connectivity index (χ3v) is 3.74. The van der Waals surface area contributed by atoms with Crippen molar-refractivity contribution in [3.05, 3.63) is 12.3 Å². The first kappa shape index (κ1) is 14.1. The SMILES string of the molecule is C[C@H]1[C@H](F)[C@H](N2C=CC(=O)CC2=O)O[C@@]1(CO)CF. The van der Waals surface area contributed by atoms with Gasteiger partial charge in [-0.05, 0) is 6.08 Å². The smallest absolute Gasteiger partial charge is 0.236 e. The maximum absolute atomic E-state index is 14.2. The van der Waals surface area contributed by atoms with E-state index in [9.17, 15) is 23.5 Å². The maximum Gasteiger partial charge on any atom is 0.236 e. The Labute approximate surface area is 108 Å². The van der Waals surface area contributed by atoms with Crippen molar-refractivity contribution in [3.63, 3.8) is 0 Å². The summed E-state index contributed by atoms with van der Waals surface area (Å²) < 4.78 is 32.5. The fourth-order valence-corrected chi connectivity index (χ4v) is 2.31. The summed E-state index contributed by atoms with van der Waals surface area (Å²) in [6.07, 6.45) is -1.01. The molecule has 5 nitrogen and oxygen atoms in total. The van der Waals surface area contributed by atoms with Crippen LogP contribution in [0.15, 0.2) is 12.3 Å². The first-order valence-corrected chi connectivity index (χ1v) is 5.96. The van der Waals surface area contributed by atoms with Gasteiger partial charge in [0.2, 0.25) is 5.91 Å². The van der Waals surface area contributed by atoms with E-state index in [-0.39, 0.29) is 12.2 Å². The molecule has 0 saturated carbocycles. The molecular weight excluding hydrogens is 260 g/mol. The van der Waals surface area contributed by atoms with Gasteiger partial charge in [-0.2, -0.15) is 0 Å². The minimum absolute atomic E-state index is 0.362. The largest absolute Gasteiger partial charge is 0.393 e. The molecule has 2 aliphatic rings. The summed E-state index contributed by atoms with van der Waals surface area (Å²) in [5.74, 6) is -1.87. The number of rotatable bonds is 3. The number of aliphatic hydroxyl groups is 1. The normalized spacial score (nSPS) is 39.2. The van der Waals surface area contributed by atoms with Crippen LogP contribution in [0.25, 0.3) is 0 Å². The van der Waals surface area contributed by atoms with Gasteiger partial charge in [0.1, 0.15) is 12.3 Å². The monoisotopic (exact) mass is 275 g/mol. The van der Waals surface area contributed by atoms with Crippen molar-refractivity contribution in [2.24, 2.45) is 5.92 Å². The Hall–Kier alpha value is -1.34. The lowest BCUT2D eigenvalue weighted by Gasteiger charge is -2.30. The van der Waals surface area contributed by atoms with Crippen LogP contribution in [-0.4, -0.2) is 53.0 Å². The van der Waals surface area contributed by atoms with Gasteiger partial charge in [-0.3, -0.25) is 14.5 Å². The highest BCUT2D eigenvalue weighted by Gasteiger charge is 2.55. The van der Waals surface area contributed by atoms with Crippen molar-refractivity contribution in [3.8, 4) is 0 Å². The lowest BCUT2D eigenvalue weighted by Crippen LogP contribution is -2.45. The molecule has 0 aliphatic carbocycles. The number of aliphatic hydroxyl groups excluding tert-OH is 1. The fraction of sp³-hybridized carbons (Fsp3) is 0.667. The first-order chi connectivity index (χ1) is 8.95. The van der Waals surface area contributed by atoms with Gasteiger partial charge in [0, 0.05) is 12.1 Å². The predicted molar refractivity (Wildman–Crippen MR) is 60.3 cm³/mol. The van der Waals surface area contributed by atoms with Gasteiger partial charge in [0.05, 0.1) is 13.0 Å². The number of ether oxygens (including phenoxy) is 1. The average molecular weight is 275 g/mol. The number of ketones is 1. The molecule has 0 unspecified atom stereocenters. The standard InChI is InChI=1S/C12H15F2NO4/c1-7-10(14)11(19-12(7,5-13)6-16)15-3-2-8(17)4-9(15)18/h2-3,7,10-11,16H,4-6H2,1H3/t7-,10-,11+,12+/m0/s1. The summed E-state index contributed by atoms with van der Waals surface area (Å²) in [5, 5.41) is 9.22. The highest BCUT2D eigenvalue weighted by Crippen LogP contribution is 2.40. The van der Waals surface area contributed by atoms with E-state index in [2.05, 4.69) is 0 Å². The molecule has 0 aromatic carbocycles. The molecule has 0 aromatic rings. The van der Waals surface area contributed by atoms with Crippen LogP contribution in [-0.2, 0) is 14.3 Å². The molecule has 4 atom stereocenters. The zero-order valence-corrected chi connectivity index (χ0v) is 10.4. The Kier molecular flexibility index (Phi) is 3.69. The summed E-state index contributed by atoms with van der Waals surface area (Å²) in [5.41, 5.74) is -1.64. The third-order valence-electron chi connectivity index (χ3n) is 3.74. The molecule has 106 valence electrons. The van der Waals surface area contributed by atoms with Crippen molar-refractivity contribution < 1.29 is 28.2 Å². The molecule has 0 radical (unpaired) electrons. The quantitative estimate of drug-likeness (QED) is 0.754. The molecule has 19 heavy (non-hydrogen) atoms. The Morgan fingerprint density at radius 1 is 1.58 bits per heavy atom. The van der Waals surface area contributed by atoms with Crippen LogP contribution in [0.2, 0.25) is 0 Å². The number of carbonyl (C=O) groups excluding carboxylic acids is 2. The summed E-state index contributed by atoms with van der Waals surface area (Å²) >= 11 is 0. The van der Waals surface area contributed by atoms with Crippen molar-refractivity contribution in [1.29, 1.82) is 0 Å². The van der Waals surface area contributed by atoms with Gasteiger partial charge in [-0.25, -0.2) is 8.78 Å². The second kappa shape index (κ2) is 4.97.